The van der Waals surface area contributed by atoms with Gasteiger partial charge < -0.3 is 5.73 Å². The van der Waals surface area contributed by atoms with E-state index in [1.54, 1.807) is 24.5 Å². The van der Waals surface area contributed by atoms with Crippen molar-refractivity contribution in [3.05, 3.63) is 64.2 Å². The highest BCUT2D eigenvalue weighted by atomic mass is 35.5. The van der Waals surface area contributed by atoms with Crippen LogP contribution in [0.25, 0.3) is 0 Å². The molecule has 17 heavy (non-hydrogen) atoms. The van der Waals surface area contributed by atoms with Crippen molar-refractivity contribution in [1.29, 1.82) is 0 Å². The van der Waals surface area contributed by atoms with Crippen LogP contribution in [0, 0.1) is 12.7 Å². The van der Waals surface area contributed by atoms with Crippen molar-refractivity contribution in [2.45, 2.75) is 13.0 Å². The maximum atomic E-state index is 13.8. The number of rotatable bonds is 2. The van der Waals surface area contributed by atoms with E-state index in [1.807, 2.05) is 13.0 Å². The van der Waals surface area contributed by atoms with Crippen LogP contribution in [0.3, 0.4) is 0 Å². The Morgan fingerprint density at radius 2 is 2.06 bits per heavy atom. The van der Waals surface area contributed by atoms with E-state index in [2.05, 4.69) is 4.98 Å². The van der Waals surface area contributed by atoms with E-state index in [-0.39, 0.29) is 5.02 Å². The van der Waals surface area contributed by atoms with Crippen molar-refractivity contribution in [3.63, 3.8) is 0 Å². The minimum Gasteiger partial charge on any atom is -0.320 e. The Balaban J connectivity index is 2.48. The summed E-state index contributed by atoms with van der Waals surface area (Å²) in [5, 5.41) is 0.0829. The van der Waals surface area contributed by atoms with E-state index < -0.39 is 11.9 Å². The van der Waals surface area contributed by atoms with Crippen LogP contribution < -0.4 is 5.73 Å². The third kappa shape index (κ3) is 2.30. The molecule has 0 amide bonds. The zero-order chi connectivity index (χ0) is 12.4. The Labute approximate surface area is 104 Å². The van der Waals surface area contributed by atoms with Gasteiger partial charge in [0, 0.05) is 18.0 Å². The summed E-state index contributed by atoms with van der Waals surface area (Å²) < 4.78 is 13.8. The molecule has 0 bridgehead atoms. The molecule has 88 valence electrons. The van der Waals surface area contributed by atoms with Gasteiger partial charge in [0.2, 0.25) is 0 Å². The summed E-state index contributed by atoms with van der Waals surface area (Å²) in [7, 11) is 0. The molecule has 0 saturated heterocycles. The number of benzene rings is 1. The summed E-state index contributed by atoms with van der Waals surface area (Å²) >= 11 is 5.74. The quantitative estimate of drug-likeness (QED) is 0.889. The largest absolute Gasteiger partial charge is 0.320 e. The molecule has 0 aliphatic rings. The Morgan fingerprint density at radius 1 is 1.29 bits per heavy atom. The number of hydrogen-bond acceptors (Lipinski definition) is 2. The predicted octanol–water partition coefficient (Wildman–Crippen LogP) is 3.23. The molecule has 1 atom stereocenters. The number of aromatic nitrogens is 1. The molecule has 0 aliphatic heterocycles. The molecular weight excluding hydrogens is 239 g/mol. The first kappa shape index (κ1) is 12.0. The SMILES string of the molecule is Cc1ccncc1C(N)c1cccc(Cl)c1F. The van der Waals surface area contributed by atoms with Gasteiger partial charge in [-0.05, 0) is 30.2 Å². The summed E-state index contributed by atoms with van der Waals surface area (Å²) in [6.07, 6.45) is 3.33. The number of pyridine rings is 1. The van der Waals surface area contributed by atoms with Gasteiger partial charge in [0.25, 0.3) is 0 Å². The lowest BCUT2D eigenvalue weighted by Gasteiger charge is -2.15. The first-order valence-electron chi connectivity index (χ1n) is 5.21. The van der Waals surface area contributed by atoms with Crippen molar-refractivity contribution < 1.29 is 4.39 Å². The lowest BCUT2D eigenvalue weighted by molar-refractivity contribution is 0.599. The number of aryl methyl sites for hydroxylation is 1. The zero-order valence-corrected chi connectivity index (χ0v) is 10.1. The first-order valence-corrected chi connectivity index (χ1v) is 5.59. The van der Waals surface area contributed by atoms with Crippen molar-refractivity contribution in [2.75, 3.05) is 0 Å². The van der Waals surface area contributed by atoms with Gasteiger partial charge in [0.05, 0.1) is 11.1 Å². The molecular formula is C13H12ClFN2. The maximum absolute atomic E-state index is 13.8. The fraction of sp³-hybridized carbons (Fsp3) is 0.154. The van der Waals surface area contributed by atoms with Crippen molar-refractivity contribution in [1.82, 2.24) is 4.98 Å². The molecule has 2 nitrogen and oxygen atoms in total. The minimum atomic E-state index is -0.553. The first-order chi connectivity index (χ1) is 8.11. The molecule has 0 fully saturated rings. The molecule has 0 radical (unpaired) electrons. The third-order valence-corrected chi connectivity index (χ3v) is 3.02. The molecule has 1 aromatic carbocycles. The van der Waals surface area contributed by atoms with Crippen LogP contribution in [0.15, 0.2) is 36.7 Å². The smallest absolute Gasteiger partial charge is 0.146 e. The highest BCUT2D eigenvalue weighted by molar-refractivity contribution is 6.30. The van der Waals surface area contributed by atoms with Gasteiger partial charge in [-0.2, -0.15) is 0 Å². The van der Waals surface area contributed by atoms with Gasteiger partial charge in [0.1, 0.15) is 5.82 Å². The third-order valence-electron chi connectivity index (χ3n) is 2.73. The fourth-order valence-electron chi connectivity index (χ4n) is 1.73. The Morgan fingerprint density at radius 3 is 2.76 bits per heavy atom. The second-order valence-corrected chi connectivity index (χ2v) is 4.26. The van der Waals surface area contributed by atoms with Gasteiger partial charge in [-0.15, -0.1) is 0 Å². The summed E-state index contributed by atoms with van der Waals surface area (Å²) in [5.41, 5.74) is 8.21. The number of nitrogens with zero attached hydrogens (tertiary/aromatic N) is 1. The second-order valence-electron chi connectivity index (χ2n) is 3.85. The lowest BCUT2D eigenvalue weighted by Crippen LogP contribution is -2.15. The Kier molecular flexibility index (Phi) is 3.41. The van der Waals surface area contributed by atoms with Gasteiger partial charge in [0.15, 0.2) is 0 Å². The number of nitrogens with two attached hydrogens (primary N) is 1. The number of halogens is 2. The summed E-state index contributed by atoms with van der Waals surface area (Å²) in [6.45, 7) is 1.92. The summed E-state index contributed by atoms with van der Waals surface area (Å²) in [6, 6.07) is 6.12. The fourth-order valence-corrected chi connectivity index (χ4v) is 1.91. The van der Waals surface area contributed by atoms with E-state index in [4.69, 9.17) is 17.3 Å². The topological polar surface area (TPSA) is 38.9 Å². The van der Waals surface area contributed by atoms with Gasteiger partial charge in [-0.1, -0.05) is 23.7 Å². The van der Waals surface area contributed by atoms with Crippen LogP contribution in [-0.2, 0) is 0 Å². The van der Waals surface area contributed by atoms with Crippen LogP contribution in [0.1, 0.15) is 22.7 Å². The lowest BCUT2D eigenvalue weighted by atomic mass is 9.97. The van der Waals surface area contributed by atoms with E-state index >= 15 is 0 Å². The van der Waals surface area contributed by atoms with E-state index in [0.29, 0.717) is 5.56 Å². The zero-order valence-electron chi connectivity index (χ0n) is 9.32. The molecule has 0 saturated carbocycles. The summed E-state index contributed by atoms with van der Waals surface area (Å²) in [5.74, 6) is -0.468. The van der Waals surface area contributed by atoms with Crippen LogP contribution in [0.2, 0.25) is 5.02 Å². The molecule has 2 rings (SSSR count). The highest BCUT2D eigenvalue weighted by Gasteiger charge is 2.17. The minimum absolute atomic E-state index is 0.0829. The average molecular weight is 251 g/mol. The van der Waals surface area contributed by atoms with Crippen LogP contribution in [0.4, 0.5) is 4.39 Å². The molecule has 1 aromatic heterocycles. The second kappa shape index (κ2) is 4.82. The Bertz CT molecular complexity index is 543. The monoisotopic (exact) mass is 250 g/mol. The van der Waals surface area contributed by atoms with Crippen LogP contribution >= 0.6 is 11.6 Å². The van der Waals surface area contributed by atoms with Crippen molar-refractivity contribution in [3.8, 4) is 0 Å². The van der Waals surface area contributed by atoms with Crippen molar-refractivity contribution >= 4 is 11.6 Å². The van der Waals surface area contributed by atoms with Crippen LogP contribution in [0.5, 0.6) is 0 Å². The average Bonchev–Trinajstić information content (AvgIpc) is 2.32. The van der Waals surface area contributed by atoms with E-state index in [1.165, 1.54) is 6.07 Å². The molecule has 2 aromatic rings. The van der Waals surface area contributed by atoms with Crippen molar-refractivity contribution in [2.24, 2.45) is 5.73 Å². The molecule has 1 unspecified atom stereocenters. The molecule has 0 aliphatic carbocycles. The highest BCUT2D eigenvalue weighted by Crippen LogP contribution is 2.27. The van der Waals surface area contributed by atoms with Gasteiger partial charge >= 0.3 is 0 Å². The predicted molar refractivity (Wildman–Crippen MR) is 66.4 cm³/mol. The normalized spacial score (nSPS) is 12.5. The van der Waals surface area contributed by atoms with Gasteiger partial charge in [-0.3, -0.25) is 4.98 Å². The Hall–Kier alpha value is -1.45. The standard InChI is InChI=1S/C13H12ClFN2/c1-8-5-6-17-7-10(8)13(16)9-3-2-4-11(14)12(9)15/h2-7,13H,16H2,1H3. The molecule has 4 heteroatoms. The van der Waals surface area contributed by atoms with E-state index in [0.717, 1.165) is 11.1 Å². The van der Waals surface area contributed by atoms with E-state index in [9.17, 15) is 4.39 Å². The van der Waals surface area contributed by atoms with Crippen LogP contribution in [-0.4, -0.2) is 4.98 Å². The van der Waals surface area contributed by atoms with Gasteiger partial charge in [-0.25, -0.2) is 4.39 Å². The molecule has 2 N–H and O–H groups in total. The number of hydrogen-bond donors (Lipinski definition) is 1. The molecule has 1 heterocycles. The molecule has 0 spiro atoms. The summed E-state index contributed by atoms with van der Waals surface area (Å²) in [4.78, 5) is 4.01. The maximum Gasteiger partial charge on any atom is 0.146 e.